The van der Waals surface area contributed by atoms with Gasteiger partial charge in [0.25, 0.3) is 5.82 Å². The number of aliphatic imine (C=N–C) groups is 2. The fourth-order valence-electron chi connectivity index (χ4n) is 3.14. The van der Waals surface area contributed by atoms with E-state index in [4.69, 9.17) is 0 Å². The molecule has 0 bridgehead atoms. The number of benzene rings is 1. The molecule has 0 aliphatic carbocycles. The molecule has 148 valence electrons. The summed E-state index contributed by atoms with van der Waals surface area (Å²) in [5.41, 5.74) is 0.714. The minimum absolute atomic E-state index is 0.0461. The van der Waals surface area contributed by atoms with Gasteiger partial charge in [0.2, 0.25) is 0 Å². The lowest BCUT2D eigenvalue weighted by Crippen LogP contribution is -2.40. The van der Waals surface area contributed by atoms with Gasteiger partial charge in [-0.05, 0) is 18.6 Å². The number of aromatic amines is 1. The smallest absolute Gasteiger partial charge is 0.311 e. The maximum Gasteiger partial charge on any atom is 0.453 e. The van der Waals surface area contributed by atoms with Crippen molar-refractivity contribution in [3.63, 3.8) is 0 Å². The van der Waals surface area contributed by atoms with Gasteiger partial charge in [0.05, 0.1) is 17.8 Å². The van der Waals surface area contributed by atoms with E-state index in [0.29, 0.717) is 17.1 Å². The first kappa shape index (κ1) is 18.8. The molecule has 0 amide bonds. The Balaban J connectivity index is 1.77. The molecule has 0 fully saturated rings. The average Bonchev–Trinajstić information content (AvgIpc) is 3.27. The van der Waals surface area contributed by atoms with E-state index in [1.807, 2.05) is 0 Å². The summed E-state index contributed by atoms with van der Waals surface area (Å²) in [6.07, 6.45) is -3.26. The highest BCUT2D eigenvalue weighted by molar-refractivity contribution is 6.44. The van der Waals surface area contributed by atoms with Crippen LogP contribution in [0.4, 0.5) is 17.6 Å². The Morgan fingerprint density at radius 1 is 1.28 bits per heavy atom. The number of nitrogens with zero attached hydrogens (tertiary/aromatic N) is 6. The number of hydrogen-bond acceptors (Lipinski definition) is 6. The standard InChI is InChI=1S/C18H13F4N7/c1-9-14(7-23)29-8-13(15-26-17(28-27-15)18(20,21)22)25-12(16(29)24-9)6-10-4-2-3-5-11(10)19/h2-5,8-9,14H,6H2,1H3,(H,26,27,28). The molecule has 2 aliphatic heterocycles. The lowest BCUT2D eigenvalue weighted by molar-refractivity contribution is -0.144. The van der Waals surface area contributed by atoms with E-state index in [9.17, 15) is 22.8 Å². The molecular formula is C18H13F4N7. The number of H-pyrrole nitrogens is 1. The lowest BCUT2D eigenvalue weighted by Gasteiger charge is -2.25. The number of fused-ring (bicyclic) bond motifs is 1. The molecule has 4 rings (SSSR count). The molecular weight excluding hydrogens is 390 g/mol. The maximum atomic E-state index is 14.1. The number of amidine groups is 1. The van der Waals surface area contributed by atoms with Crippen LogP contribution in [0.5, 0.6) is 0 Å². The third-order valence-electron chi connectivity index (χ3n) is 4.53. The monoisotopic (exact) mass is 403 g/mol. The largest absolute Gasteiger partial charge is 0.453 e. The number of halogens is 4. The van der Waals surface area contributed by atoms with Gasteiger partial charge >= 0.3 is 6.18 Å². The van der Waals surface area contributed by atoms with E-state index in [2.05, 4.69) is 31.2 Å². The summed E-state index contributed by atoms with van der Waals surface area (Å²) < 4.78 is 52.7. The van der Waals surface area contributed by atoms with Gasteiger partial charge in [0.15, 0.2) is 11.7 Å². The van der Waals surface area contributed by atoms with Crippen LogP contribution in [-0.4, -0.2) is 43.7 Å². The van der Waals surface area contributed by atoms with Gasteiger partial charge in [-0.2, -0.15) is 18.4 Å². The maximum absolute atomic E-state index is 14.1. The van der Waals surface area contributed by atoms with Crippen molar-refractivity contribution in [3.05, 3.63) is 53.5 Å². The molecule has 0 saturated heterocycles. The zero-order valence-electron chi connectivity index (χ0n) is 14.9. The predicted molar refractivity (Wildman–Crippen MR) is 95.0 cm³/mol. The quantitative estimate of drug-likeness (QED) is 0.798. The third-order valence-corrected chi connectivity index (χ3v) is 4.53. The van der Waals surface area contributed by atoms with E-state index < -0.39 is 29.9 Å². The second-order valence-electron chi connectivity index (χ2n) is 6.52. The fraction of sp³-hybridized carbons (Fsp3) is 0.278. The SMILES string of the molecule is CC1N=C2C(Cc3ccccc3F)=NC(c3nc(C(F)(F)F)n[nH]3)=CN2C1C#N. The van der Waals surface area contributed by atoms with Crippen LogP contribution >= 0.6 is 0 Å². The summed E-state index contributed by atoms with van der Waals surface area (Å²) in [4.78, 5) is 13.8. The first-order chi connectivity index (χ1) is 13.8. The molecule has 2 aliphatic rings. The van der Waals surface area contributed by atoms with E-state index in [1.165, 1.54) is 17.2 Å². The highest BCUT2D eigenvalue weighted by Gasteiger charge is 2.39. The summed E-state index contributed by atoms with van der Waals surface area (Å²) in [5, 5.41) is 14.9. The first-order valence-electron chi connectivity index (χ1n) is 8.57. The Kier molecular flexibility index (Phi) is 4.41. The van der Waals surface area contributed by atoms with Crippen LogP contribution in [0.15, 0.2) is 40.5 Å². The summed E-state index contributed by atoms with van der Waals surface area (Å²) in [7, 11) is 0. The number of alkyl halides is 3. The van der Waals surface area contributed by atoms with Gasteiger partial charge in [0.1, 0.15) is 17.6 Å². The summed E-state index contributed by atoms with van der Waals surface area (Å²) in [6, 6.07) is 7.16. The van der Waals surface area contributed by atoms with E-state index in [-0.39, 0.29) is 17.9 Å². The Hall–Kier alpha value is -3.55. The number of nitrogens with one attached hydrogen (secondary N) is 1. The summed E-state index contributed by atoms with van der Waals surface area (Å²) >= 11 is 0. The fourth-order valence-corrected chi connectivity index (χ4v) is 3.14. The van der Waals surface area contributed by atoms with E-state index in [0.717, 1.165) is 0 Å². The van der Waals surface area contributed by atoms with Gasteiger partial charge in [-0.1, -0.05) is 18.2 Å². The number of aromatic nitrogens is 3. The molecule has 0 radical (unpaired) electrons. The molecule has 2 aromatic rings. The van der Waals surface area contributed by atoms with Crippen LogP contribution in [0.1, 0.15) is 24.1 Å². The molecule has 1 aromatic carbocycles. The number of rotatable bonds is 3. The van der Waals surface area contributed by atoms with Crippen LogP contribution in [0.3, 0.4) is 0 Å². The number of nitriles is 1. The molecule has 7 nitrogen and oxygen atoms in total. The summed E-state index contributed by atoms with van der Waals surface area (Å²) in [5.74, 6) is -1.60. The first-order valence-corrected chi connectivity index (χ1v) is 8.57. The minimum Gasteiger partial charge on any atom is -0.311 e. The molecule has 1 aromatic heterocycles. The van der Waals surface area contributed by atoms with E-state index >= 15 is 0 Å². The van der Waals surface area contributed by atoms with Gasteiger partial charge in [-0.15, -0.1) is 5.10 Å². The zero-order chi connectivity index (χ0) is 20.8. The van der Waals surface area contributed by atoms with Gasteiger partial charge < -0.3 is 4.90 Å². The molecule has 3 heterocycles. The molecule has 11 heteroatoms. The molecule has 0 saturated carbocycles. The van der Waals surface area contributed by atoms with E-state index in [1.54, 1.807) is 25.1 Å². The van der Waals surface area contributed by atoms with Crippen LogP contribution in [0, 0.1) is 17.1 Å². The van der Waals surface area contributed by atoms with Crippen LogP contribution in [-0.2, 0) is 12.6 Å². The second-order valence-corrected chi connectivity index (χ2v) is 6.52. The van der Waals surface area contributed by atoms with Crippen molar-refractivity contribution in [2.24, 2.45) is 9.98 Å². The number of hydrogen-bond donors (Lipinski definition) is 1. The lowest BCUT2D eigenvalue weighted by atomic mass is 10.0. The van der Waals surface area contributed by atoms with Crippen LogP contribution in [0.25, 0.3) is 5.70 Å². The molecule has 2 atom stereocenters. The van der Waals surface area contributed by atoms with Crippen molar-refractivity contribution in [2.45, 2.75) is 31.6 Å². The zero-order valence-corrected chi connectivity index (χ0v) is 14.9. The van der Waals surface area contributed by atoms with Crippen molar-refractivity contribution < 1.29 is 17.6 Å². The van der Waals surface area contributed by atoms with Gasteiger partial charge in [-0.25, -0.2) is 14.4 Å². The van der Waals surface area contributed by atoms with Crippen molar-refractivity contribution in [3.8, 4) is 6.07 Å². The molecule has 2 unspecified atom stereocenters. The van der Waals surface area contributed by atoms with Gasteiger partial charge in [-0.3, -0.25) is 10.1 Å². The van der Waals surface area contributed by atoms with Crippen LogP contribution < -0.4 is 0 Å². The Morgan fingerprint density at radius 2 is 2.03 bits per heavy atom. The highest BCUT2D eigenvalue weighted by Crippen LogP contribution is 2.30. The molecule has 29 heavy (non-hydrogen) atoms. The third kappa shape index (κ3) is 3.37. The van der Waals surface area contributed by atoms with Crippen molar-refractivity contribution in [1.82, 2.24) is 20.1 Å². The van der Waals surface area contributed by atoms with Gasteiger partial charge in [0, 0.05) is 12.6 Å². The predicted octanol–water partition coefficient (Wildman–Crippen LogP) is 2.95. The normalized spacial score (nSPS) is 21.2. The topological polar surface area (TPSA) is 93.3 Å². The summed E-state index contributed by atoms with van der Waals surface area (Å²) in [6.45, 7) is 1.74. The Labute approximate surface area is 162 Å². The second kappa shape index (κ2) is 6.80. The van der Waals surface area contributed by atoms with Crippen molar-refractivity contribution in [1.29, 1.82) is 5.26 Å². The van der Waals surface area contributed by atoms with Crippen LogP contribution in [0.2, 0.25) is 0 Å². The Morgan fingerprint density at radius 3 is 2.69 bits per heavy atom. The molecule has 1 N–H and O–H groups in total. The Bertz CT molecular complexity index is 1090. The molecule has 0 spiro atoms. The van der Waals surface area contributed by atoms with Crippen molar-refractivity contribution >= 4 is 17.2 Å². The average molecular weight is 403 g/mol. The minimum atomic E-state index is -4.71. The van der Waals surface area contributed by atoms with Crippen molar-refractivity contribution in [2.75, 3.05) is 0 Å². The highest BCUT2D eigenvalue weighted by atomic mass is 19.4.